The molecule has 0 radical (unpaired) electrons. The molecule has 5 nitrogen and oxygen atoms in total. The maximum Gasteiger partial charge on any atom is 0.265 e. The Morgan fingerprint density at radius 1 is 1.17 bits per heavy atom. The van der Waals surface area contributed by atoms with Gasteiger partial charge in [0.2, 0.25) is 0 Å². The number of rotatable bonds is 3. The third-order valence-electron chi connectivity index (χ3n) is 3.62. The lowest BCUT2D eigenvalue weighted by atomic mass is 10.1. The minimum atomic E-state index is -0.556. The van der Waals surface area contributed by atoms with Gasteiger partial charge < -0.3 is 9.67 Å². The summed E-state index contributed by atoms with van der Waals surface area (Å²) >= 11 is 0. The zero-order chi connectivity index (χ0) is 16.4. The lowest BCUT2D eigenvalue weighted by Gasteiger charge is -2.09. The van der Waals surface area contributed by atoms with Crippen LogP contribution in [0, 0.1) is 0 Å². The third kappa shape index (κ3) is 2.64. The Balaban J connectivity index is 2.11. The van der Waals surface area contributed by atoms with Gasteiger partial charge in [0, 0.05) is 18.6 Å². The molecule has 23 heavy (non-hydrogen) atoms. The fourth-order valence-corrected chi connectivity index (χ4v) is 2.42. The summed E-state index contributed by atoms with van der Waals surface area (Å²) < 4.78 is 1.36. The normalized spacial score (nSPS) is 11.2. The second-order valence-electron chi connectivity index (χ2n) is 5.06. The molecule has 0 spiro atoms. The van der Waals surface area contributed by atoms with Crippen molar-refractivity contribution in [1.29, 1.82) is 0 Å². The molecular formula is C18H14N2O3. The standard InChI is InChI=1S/C18H14N2O3/c1-20-14-8-3-2-7-13(14)17(22)16(18(20)23)15(21)10-9-12-6-4-5-11-19-12/h2-11,22H,1H3/b10-9+. The highest BCUT2D eigenvalue weighted by atomic mass is 16.3. The summed E-state index contributed by atoms with van der Waals surface area (Å²) in [6.07, 6.45) is 4.36. The van der Waals surface area contributed by atoms with Crippen molar-refractivity contribution >= 4 is 22.8 Å². The average Bonchev–Trinajstić information content (AvgIpc) is 2.59. The summed E-state index contributed by atoms with van der Waals surface area (Å²) in [7, 11) is 1.57. The molecule has 114 valence electrons. The minimum absolute atomic E-state index is 0.238. The second-order valence-corrected chi connectivity index (χ2v) is 5.06. The quantitative estimate of drug-likeness (QED) is 0.596. The first-order valence-electron chi connectivity index (χ1n) is 7.03. The van der Waals surface area contributed by atoms with E-state index in [0.29, 0.717) is 16.6 Å². The van der Waals surface area contributed by atoms with Gasteiger partial charge >= 0.3 is 0 Å². The van der Waals surface area contributed by atoms with Crippen LogP contribution in [0.3, 0.4) is 0 Å². The molecule has 2 aromatic heterocycles. The number of para-hydroxylation sites is 1. The van der Waals surface area contributed by atoms with Gasteiger partial charge in [-0.3, -0.25) is 14.6 Å². The Kier molecular flexibility index (Phi) is 3.76. The van der Waals surface area contributed by atoms with Crippen molar-refractivity contribution in [3.05, 3.63) is 76.3 Å². The molecule has 2 heterocycles. The summed E-state index contributed by atoms with van der Waals surface area (Å²) in [6, 6.07) is 12.2. The molecule has 1 aromatic carbocycles. The molecule has 0 bridgehead atoms. The van der Waals surface area contributed by atoms with Crippen LogP contribution < -0.4 is 5.56 Å². The van der Waals surface area contributed by atoms with Crippen LogP contribution in [-0.2, 0) is 7.05 Å². The van der Waals surface area contributed by atoms with E-state index in [0.717, 1.165) is 0 Å². The Hall–Kier alpha value is -3.21. The van der Waals surface area contributed by atoms with Crippen LogP contribution in [0.4, 0.5) is 0 Å². The van der Waals surface area contributed by atoms with E-state index in [9.17, 15) is 14.7 Å². The van der Waals surface area contributed by atoms with E-state index < -0.39 is 11.3 Å². The van der Waals surface area contributed by atoms with Crippen LogP contribution in [0.2, 0.25) is 0 Å². The van der Waals surface area contributed by atoms with Crippen molar-refractivity contribution in [1.82, 2.24) is 9.55 Å². The Labute approximate surface area is 132 Å². The van der Waals surface area contributed by atoms with E-state index in [4.69, 9.17) is 0 Å². The minimum Gasteiger partial charge on any atom is -0.506 e. The molecule has 3 aromatic rings. The van der Waals surface area contributed by atoms with Gasteiger partial charge in [0.15, 0.2) is 5.78 Å². The lowest BCUT2D eigenvalue weighted by Crippen LogP contribution is -2.24. The van der Waals surface area contributed by atoms with Crippen LogP contribution in [0.1, 0.15) is 16.1 Å². The van der Waals surface area contributed by atoms with Gasteiger partial charge in [-0.25, -0.2) is 0 Å². The van der Waals surface area contributed by atoms with Crippen molar-refractivity contribution in [3.8, 4) is 5.75 Å². The number of hydrogen-bond donors (Lipinski definition) is 1. The van der Waals surface area contributed by atoms with Gasteiger partial charge in [-0.15, -0.1) is 0 Å². The monoisotopic (exact) mass is 306 g/mol. The number of pyridine rings is 2. The number of benzene rings is 1. The number of nitrogens with zero attached hydrogens (tertiary/aromatic N) is 2. The third-order valence-corrected chi connectivity index (χ3v) is 3.62. The zero-order valence-electron chi connectivity index (χ0n) is 12.4. The molecule has 3 rings (SSSR count). The zero-order valence-corrected chi connectivity index (χ0v) is 12.4. The number of carbonyl (C=O) groups is 1. The summed E-state index contributed by atoms with van der Waals surface area (Å²) in [6.45, 7) is 0. The molecule has 5 heteroatoms. The van der Waals surface area contributed by atoms with Gasteiger partial charge in [0.05, 0.1) is 11.2 Å². The molecular weight excluding hydrogens is 292 g/mol. The number of aryl methyl sites for hydroxylation is 1. The van der Waals surface area contributed by atoms with Crippen LogP contribution in [0.25, 0.3) is 17.0 Å². The van der Waals surface area contributed by atoms with Crippen molar-refractivity contribution in [2.45, 2.75) is 0 Å². The SMILES string of the molecule is Cn1c(=O)c(C(=O)/C=C/c2ccccn2)c(O)c2ccccc21. The molecule has 0 saturated carbocycles. The van der Waals surface area contributed by atoms with E-state index in [1.54, 1.807) is 55.7 Å². The lowest BCUT2D eigenvalue weighted by molar-refractivity contribution is 0.104. The topological polar surface area (TPSA) is 72.2 Å². The van der Waals surface area contributed by atoms with Gasteiger partial charge in [-0.05, 0) is 36.4 Å². The predicted molar refractivity (Wildman–Crippen MR) is 88.5 cm³/mol. The molecule has 0 unspecified atom stereocenters. The highest BCUT2D eigenvalue weighted by Crippen LogP contribution is 2.26. The van der Waals surface area contributed by atoms with E-state index in [-0.39, 0.29) is 11.3 Å². The van der Waals surface area contributed by atoms with Gasteiger partial charge in [0.25, 0.3) is 5.56 Å². The predicted octanol–water partition coefficient (Wildman–Crippen LogP) is 2.54. The van der Waals surface area contributed by atoms with Gasteiger partial charge in [0.1, 0.15) is 11.3 Å². The Morgan fingerprint density at radius 3 is 2.65 bits per heavy atom. The van der Waals surface area contributed by atoms with E-state index in [1.807, 2.05) is 0 Å². The number of ketones is 1. The average molecular weight is 306 g/mol. The maximum atomic E-state index is 12.4. The molecule has 0 aliphatic heterocycles. The summed E-state index contributed by atoms with van der Waals surface area (Å²) in [5.74, 6) is -0.848. The van der Waals surface area contributed by atoms with E-state index >= 15 is 0 Å². The van der Waals surface area contributed by atoms with Crippen LogP contribution in [0.15, 0.2) is 59.5 Å². The van der Waals surface area contributed by atoms with Crippen molar-refractivity contribution < 1.29 is 9.90 Å². The van der Waals surface area contributed by atoms with Gasteiger partial charge in [-0.2, -0.15) is 0 Å². The molecule has 1 N–H and O–H groups in total. The summed E-state index contributed by atoms with van der Waals surface area (Å²) in [5.41, 5.74) is 0.397. The first-order chi connectivity index (χ1) is 11.1. The molecule has 0 aliphatic carbocycles. The number of allylic oxidation sites excluding steroid dienone is 1. The van der Waals surface area contributed by atoms with E-state index in [2.05, 4.69) is 4.98 Å². The number of fused-ring (bicyclic) bond motifs is 1. The van der Waals surface area contributed by atoms with Crippen LogP contribution >= 0.6 is 0 Å². The van der Waals surface area contributed by atoms with Crippen molar-refractivity contribution in [2.24, 2.45) is 7.05 Å². The largest absolute Gasteiger partial charge is 0.506 e. The van der Waals surface area contributed by atoms with Crippen LogP contribution in [-0.4, -0.2) is 20.4 Å². The number of carbonyl (C=O) groups excluding carboxylic acids is 1. The molecule has 0 aliphatic rings. The maximum absolute atomic E-state index is 12.4. The molecule has 0 amide bonds. The molecule has 0 fully saturated rings. The summed E-state index contributed by atoms with van der Waals surface area (Å²) in [4.78, 5) is 28.8. The Bertz CT molecular complexity index is 973. The Morgan fingerprint density at radius 2 is 1.91 bits per heavy atom. The highest BCUT2D eigenvalue weighted by Gasteiger charge is 2.18. The smallest absolute Gasteiger partial charge is 0.265 e. The second kappa shape index (κ2) is 5.88. The van der Waals surface area contributed by atoms with Crippen molar-refractivity contribution in [2.75, 3.05) is 0 Å². The van der Waals surface area contributed by atoms with E-state index in [1.165, 1.54) is 16.7 Å². The van der Waals surface area contributed by atoms with Gasteiger partial charge in [-0.1, -0.05) is 18.2 Å². The number of aromatic nitrogens is 2. The van der Waals surface area contributed by atoms with Crippen molar-refractivity contribution in [3.63, 3.8) is 0 Å². The first kappa shape index (κ1) is 14.7. The molecule has 0 atom stereocenters. The first-order valence-corrected chi connectivity index (χ1v) is 7.03. The number of aromatic hydroxyl groups is 1. The fourth-order valence-electron chi connectivity index (χ4n) is 2.42. The fraction of sp³-hybridized carbons (Fsp3) is 0.0556. The molecule has 0 saturated heterocycles. The van der Waals surface area contributed by atoms with Crippen LogP contribution in [0.5, 0.6) is 5.75 Å². The highest BCUT2D eigenvalue weighted by molar-refractivity contribution is 6.11. The summed E-state index contributed by atoms with van der Waals surface area (Å²) in [5, 5.41) is 10.8. The number of hydrogen-bond acceptors (Lipinski definition) is 4.